The highest BCUT2D eigenvalue weighted by Gasteiger charge is 2.13. The van der Waals surface area contributed by atoms with Crippen molar-refractivity contribution in [2.75, 3.05) is 17.7 Å². The first-order chi connectivity index (χ1) is 13.3. The lowest BCUT2D eigenvalue weighted by Gasteiger charge is -2.09. The summed E-state index contributed by atoms with van der Waals surface area (Å²) in [5, 5.41) is 25.4. The number of Topliss-reactive ketones (excluding diaryl/α,β-unsaturated/α-hetero) is 1. The van der Waals surface area contributed by atoms with E-state index in [0.29, 0.717) is 17.0 Å². The molecule has 1 amide bonds. The molecule has 0 bridgehead atoms. The van der Waals surface area contributed by atoms with Gasteiger partial charge < -0.3 is 15.4 Å². The normalized spacial score (nSPS) is 10.5. The van der Waals surface area contributed by atoms with Crippen LogP contribution in [0.5, 0.6) is 5.75 Å². The van der Waals surface area contributed by atoms with Gasteiger partial charge in [-0.25, -0.2) is 0 Å². The molecule has 0 heterocycles. The Balaban J connectivity index is 2.22. The largest absolute Gasteiger partial charge is 0.495 e. The molecule has 0 aliphatic rings. The molecule has 2 aromatic rings. The highest BCUT2D eigenvalue weighted by Crippen LogP contribution is 2.29. The van der Waals surface area contributed by atoms with Crippen LogP contribution < -0.4 is 15.4 Å². The zero-order chi connectivity index (χ0) is 20.7. The summed E-state index contributed by atoms with van der Waals surface area (Å²) < 4.78 is 5.11. The predicted octanol–water partition coefficient (Wildman–Crippen LogP) is 3.26. The maximum absolute atomic E-state index is 12.3. The van der Waals surface area contributed by atoms with Crippen molar-refractivity contribution in [2.24, 2.45) is 0 Å². The minimum absolute atomic E-state index is 0.161. The third-order valence-corrected chi connectivity index (χ3v) is 3.66. The van der Waals surface area contributed by atoms with Crippen molar-refractivity contribution in [3.8, 4) is 11.8 Å². The molecule has 0 aliphatic carbocycles. The topological polar surface area (TPSA) is 134 Å². The van der Waals surface area contributed by atoms with E-state index in [1.807, 2.05) is 0 Å². The number of hydrogen-bond acceptors (Lipinski definition) is 7. The Hall–Kier alpha value is -4.19. The van der Waals surface area contributed by atoms with E-state index in [1.165, 1.54) is 38.3 Å². The highest BCUT2D eigenvalue weighted by atomic mass is 16.6. The second-order valence-electron chi connectivity index (χ2n) is 5.55. The highest BCUT2D eigenvalue weighted by molar-refractivity contribution is 6.07. The van der Waals surface area contributed by atoms with Crippen molar-refractivity contribution in [1.82, 2.24) is 0 Å². The van der Waals surface area contributed by atoms with Crippen LogP contribution in [-0.2, 0) is 4.79 Å². The standard InChI is InChI=1S/C19H16N4O5/c1-12(24)13-4-3-5-15(8-13)22-19(25)14(10-20)11-21-17-9-16(23(26)27)6-7-18(17)28-2/h3-9,11,21H,1-2H3,(H,22,25)/b14-11-. The molecule has 0 saturated carbocycles. The van der Waals surface area contributed by atoms with Crippen LogP contribution >= 0.6 is 0 Å². The van der Waals surface area contributed by atoms with E-state index in [2.05, 4.69) is 10.6 Å². The predicted molar refractivity (Wildman–Crippen MR) is 102 cm³/mol. The minimum Gasteiger partial charge on any atom is -0.495 e. The summed E-state index contributed by atoms with van der Waals surface area (Å²) >= 11 is 0. The Morgan fingerprint density at radius 1 is 1.25 bits per heavy atom. The van der Waals surface area contributed by atoms with Crippen molar-refractivity contribution < 1.29 is 19.2 Å². The Labute approximate surface area is 160 Å². The lowest BCUT2D eigenvalue weighted by Crippen LogP contribution is -2.15. The number of nitro benzene ring substituents is 1. The first-order valence-corrected chi connectivity index (χ1v) is 7.97. The lowest BCUT2D eigenvalue weighted by molar-refractivity contribution is -0.384. The molecule has 9 nitrogen and oxygen atoms in total. The smallest absolute Gasteiger partial charge is 0.271 e. The summed E-state index contributed by atoms with van der Waals surface area (Å²) in [5.74, 6) is -0.569. The van der Waals surface area contributed by atoms with Crippen molar-refractivity contribution >= 4 is 28.8 Å². The molecule has 0 unspecified atom stereocenters. The van der Waals surface area contributed by atoms with Gasteiger partial charge in [0.05, 0.1) is 17.7 Å². The number of methoxy groups -OCH3 is 1. The lowest BCUT2D eigenvalue weighted by atomic mass is 10.1. The first-order valence-electron chi connectivity index (χ1n) is 7.97. The van der Waals surface area contributed by atoms with Crippen molar-refractivity contribution in [3.05, 3.63) is 69.9 Å². The van der Waals surface area contributed by atoms with Gasteiger partial charge in [-0.15, -0.1) is 0 Å². The zero-order valence-corrected chi connectivity index (χ0v) is 15.1. The van der Waals surface area contributed by atoms with E-state index >= 15 is 0 Å². The second-order valence-corrected chi connectivity index (χ2v) is 5.55. The van der Waals surface area contributed by atoms with Crippen LogP contribution in [0.15, 0.2) is 54.2 Å². The van der Waals surface area contributed by atoms with E-state index in [1.54, 1.807) is 24.3 Å². The van der Waals surface area contributed by atoms with E-state index in [-0.39, 0.29) is 22.7 Å². The Bertz CT molecular complexity index is 1010. The molecule has 0 aliphatic heterocycles. The van der Waals surface area contributed by atoms with Crippen LogP contribution in [0.2, 0.25) is 0 Å². The number of nitriles is 1. The van der Waals surface area contributed by atoms with Gasteiger partial charge in [0.1, 0.15) is 17.4 Å². The fraction of sp³-hybridized carbons (Fsp3) is 0.105. The molecule has 0 aromatic heterocycles. The second kappa shape index (κ2) is 8.95. The van der Waals surface area contributed by atoms with Gasteiger partial charge in [0.25, 0.3) is 11.6 Å². The van der Waals surface area contributed by atoms with Crippen LogP contribution in [0.25, 0.3) is 0 Å². The minimum atomic E-state index is -0.708. The van der Waals surface area contributed by atoms with Crippen LogP contribution in [0.4, 0.5) is 17.1 Å². The molecular formula is C19H16N4O5. The van der Waals surface area contributed by atoms with E-state index in [9.17, 15) is 25.0 Å². The molecule has 28 heavy (non-hydrogen) atoms. The number of hydrogen-bond donors (Lipinski definition) is 2. The molecule has 0 atom stereocenters. The van der Waals surface area contributed by atoms with Crippen LogP contribution in [0.1, 0.15) is 17.3 Å². The summed E-state index contributed by atoms with van der Waals surface area (Å²) in [4.78, 5) is 34.1. The van der Waals surface area contributed by atoms with Gasteiger partial charge >= 0.3 is 0 Å². The molecule has 2 N–H and O–H groups in total. The van der Waals surface area contributed by atoms with Gasteiger partial charge in [0, 0.05) is 29.6 Å². The monoisotopic (exact) mass is 380 g/mol. The maximum Gasteiger partial charge on any atom is 0.271 e. The molecule has 142 valence electrons. The summed E-state index contributed by atoms with van der Waals surface area (Å²) in [6.07, 6.45) is 1.12. The molecule has 0 saturated heterocycles. The molecular weight excluding hydrogens is 364 g/mol. The molecule has 0 spiro atoms. The van der Waals surface area contributed by atoms with Gasteiger partial charge in [0.15, 0.2) is 5.78 Å². The number of nitrogens with one attached hydrogen (secondary N) is 2. The van der Waals surface area contributed by atoms with Crippen molar-refractivity contribution in [3.63, 3.8) is 0 Å². The summed E-state index contributed by atoms with van der Waals surface area (Å²) in [6.45, 7) is 1.40. The van der Waals surface area contributed by atoms with Crippen LogP contribution in [0.3, 0.4) is 0 Å². The average molecular weight is 380 g/mol. The van der Waals surface area contributed by atoms with Gasteiger partial charge in [-0.3, -0.25) is 19.7 Å². The Morgan fingerprint density at radius 2 is 2.00 bits per heavy atom. The fourth-order valence-electron chi connectivity index (χ4n) is 2.24. The first kappa shape index (κ1) is 20.1. The number of anilines is 2. The maximum atomic E-state index is 12.3. The van der Waals surface area contributed by atoms with Crippen LogP contribution in [-0.4, -0.2) is 23.7 Å². The third kappa shape index (κ3) is 4.92. The number of nitro groups is 1. The van der Waals surface area contributed by atoms with Crippen molar-refractivity contribution in [1.29, 1.82) is 5.26 Å². The Kier molecular flexibility index (Phi) is 6.44. The summed E-state index contributed by atoms with van der Waals surface area (Å²) in [7, 11) is 1.38. The fourth-order valence-corrected chi connectivity index (χ4v) is 2.24. The number of rotatable bonds is 7. The number of carbonyl (C=O) groups is 2. The number of nitrogens with zero attached hydrogens (tertiary/aromatic N) is 2. The number of ether oxygens (including phenoxy) is 1. The van der Waals surface area contributed by atoms with Gasteiger partial charge in [-0.1, -0.05) is 12.1 Å². The summed E-state index contributed by atoms with van der Waals surface area (Å²) in [5.41, 5.74) is 0.532. The molecule has 2 aromatic carbocycles. The Morgan fingerprint density at radius 3 is 2.61 bits per heavy atom. The van der Waals surface area contributed by atoms with E-state index in [0.717, 1.165) is 6.20 Å². The molecule has 9 heteroatoms. The third-order valence-electron chi connectivity index (χ3n) is 3.66. The van der Waals surface area contributed by atoms with Gasteiger partial charge in [-0.2, -0.15) is 5.26 Å². The SMILES string of the molecule is COc1ccc([N+](=O)[O-])cc1N/C=C(/C#N)C(=O)Nc1cccc(C(C)=O)c1. The number of carbonyl (C=O) groups excluding carboxylic acids is 2. The number of amides is 1. The quantitative estimate of drug-likeness (QED) is 0.247. The van der Waals surface area contributed by atoms with E-state index < -0.39 is 10.8 Å². The van der Waals surface area contributed by atoms with Crippen LogP contribution in [0, 0.1) is 21.4 Å². The van der Waals surface area contributed by atoms with Crippen molar-refractivity contribution in [2.45, 2.75) is 6.92 Å². The van der Waals surface area contributed by atoms with Gasteiger partial charge in [0.2, 0.25) is 0 Å². The summed E-state index contributed by atoms with van der Waals surface area (Å²) in [6, 6.07) is 11.9. The zero-order valence-electron chi connectivity index (χ0n) is 15.1. The number of benzene rings is 2. The molecule has 0 radical (unpaired) electrons. The number of ketones is 1. The average Bonchev–Trinajstić information content (AvgIpc) is 2.68. The molecule has 2 rings (SSSR count). The molecule has 0 fully saturated rings. The van der Waals surface area contributed by atoms with Gasteiger partial charge in [-0.05, 0) is 25.1 Å². The van der Waals surface area contributed by atoms with E-state index in [4.69, 9.17) is 4.74 Å². The number of non-ortho nitro benzene ring substituents is 1.